The molecule has 0 saturated heterocycles. The van der Waals surface area contributed by atoms with Gasteiger partial charge in [0, 0.05) is 10.1 Å². The Hall–Kier alpha value is -1.05. The van der Waals surface area contributed by atoms with Gasteiger partial charge in [0.25, 0.3) is 5.56 Å². The van der Waals surface area contributed by atoms with Gasteiger partial charge in [0.2, 0.25) is 5.95 Å². The minimum Gasteiger partial charge on any atom is -0.369 e. The van der Waals surface area contributed by atoms with E-state index in [-0.39, 0.29) is 11.5 Å². The van der Waals surface area contributed by atoms with Crippen molar-refractivity contribution < 1.29 is 0 Å². The number of nitrogens with two attached hydrogens (primary N) is 1. The first-order valence-electron chi connectivity index (χ1n) is 3.68. The van der Waals surface area contributed by atoms with E-state index in [0.717, 1.165) is 3.58 Å². The molecule has 0 bridgehead atoms. The summed E-state index contributed by atoms with van der Waals surface area (Å²) < 4.78 is 0.903. The Morgan fingerprint density at radius 1 is 1.62 bits per heavy atom. The predicted octanol–water partition coefficient (Wildman–Crippen LogP) is 0.553. The Kier molecular flexibility index (Phi) is 1.98. The molecule has 1 aromatic heterocycles. The maximum Gasteiger partial charge on any atom is 0.262 e. The normalized spacial score (nSPS) is 14.4. The molecule has 68 valence electrons. The molecule has 0 spiro atoms. The smallest absolute Gasteiger partial charge is 0.262 e. The first-order chi connectivity index (χ1) is 6.18. The van der Waals surface area contributed by atoms with Gasteiger partial charge in [-0.3, -0.25) is 9.78 Å². The quantitative estimate of drug-likeness (QED) is 0.609. The van der Waals surface area contributed by atoms with Gasteiger partial charge in [0.15, 0.2) is 0 Å². The van der Waals surface area contributed by atoms with Crippen molar-refractivity contribution in [1.82, 2.24) is 9.97 Å². The Labute approximate surface area is 87.6 Å². The summed E-state index contributed by atoms with van der Waals surface area (Å²) in [5.74, 6) is 0.704. The van der Waals surface area contributed by atoms with Crippen LogP contribution in [0.25, 0.3) is 3.58 Å². The Morgan fingerprint density at radius 2 is 2.38 bits per heavy atom. The number of aromatic nitrogens is 2. The fraction of sp³-hybridized carbons (Fsp3) is 0.143. The molecule has 5 nitrogen and oxygen atoms in total. The fourth-order valence-corrected chi connectivity index (χ4v) is 1.90. The van der Waals surface area contributed by atoms with Gasteiger partial charge in [-0.05, 0) is 22.6 Å². The Morgan fingerprint density at radius 3 is 3.15 bits per heavy atom. The summed E-state index contributed by atoms with van der Waals surface area (Å²) >= 11 is 2.11. The summed E-state index contributed by atoms with van der Waals surface area (Å²) in [6, 6.07) is 0. The van der Waals surface area contributed by atoms with Crippen LogP contribution in [0.5, 0.6) is 0 Å². The highest BCUT2D eigenvalue weighted by Gasteiger charge is 2.15. The molecule has 0 unspecified atom stereocenters. The Bertz CT molecular complexity index is 437. The first kappa shape index (κ1) is 8.54. The van der Waals surface area contributed by atoms with Crippen LogP contribution < -0.4 is 16.6 Å². The van der Waals surface area contributed by atoms with Gasteiger partial charge in [0.05, 0.1) is 5.56 Å². The van der Waals surface area contributed by atoms with Gasteiger partial charge in [-0.1, -0.05) is 6.08 Å². The maximum absolute atomic E-state index is 11.4. The summed E-state index contributed by atoms with van der Waals surface area (Å²) in [6.45, 7) is 0.682. The standard InChI is InChI=1S/C7H7IN4O/c8-3-1-2-10-5-4(3)6(13)12-7(9)11-5/h1H,2H2,(H4,9,10,11,12,13). The third-order valence-electron chi connectivity index (χ3n) is 1.73. The molecule has 4 N–H and O–H groups in total. The molecule has 0 saturated carbocycles. The molecule has 1 aliphatic heterocycles. The lowest BCUT2D eigenvalue weighted by molar-refractivity contribution is 1.10. The predicted molar refractivity (Wildman–Crippen MR) is 59.8 cm³/mol. The molecule has 0 amide bonds. The van der Waals surface area contributed by atoms with Crippen molar-refractivity contribution in [3.63, 3.8) is 0 Å². The van der Waals surface area contributed by atoms with Gasteiger partial charge >= 0.3 is 0 Å². The van der Waals surface area contributed by atoms with Crippen LogP contribution in [-0.2, 0) is 0 Å². The summed E-state index contributed by atoms with van der Waals surface area (Å²) in [7, 11) is 0. The van der Waals surface area contributed by atoms with Crippen LogP contribution in [0.2, 0.25) is 0 Å². The second-order valence-electron chi connectivity index (χ2n) is 2.61. The maximum atomic E-state index is 11.4. The molecule has 1 aliphatic rings. The molecule has 0 aliphatic carbocycles. The number of anilines is 2. The van der Waals surface area contributed by atoms with Crippen LogP contribution >= 0.6 is 22.6 Å². The summed E-state index contributed by atoms with van der Waals surface area (Å²) in [5.41, 5.74) is 5.77. The zero-order chi connectivity index (χ0) is 9.42. The Balaban J connectivity index is 2.73. The lowest BCUT2D eigenvalue weighted by Gasteiger charge is -2.13. The number of aromatic amines is 1. The number of rotatable bonds is 0. The van der Waals surface area contributed by atoms with E-state index in [4.69, 9.17) is 5.73 Å². The van der Waals surface area contributed by atoms with Crippen molar-refractivity contribution in [3.8, 4) is 0 Å². The van der Waals surface area contributed by atoms with E-state index in [2.05, 4.69) is 37.9 Å². The van der Waals surface area contributed by atoms with E-state index in [1.165, 1.54) is 0 Å². The van der Waals surface area contributed by atoms with Gasteiger partial charge in [-0.25, -0.2) is 0 Å². The molecule has 2 heterocycles. The minimum absolute atomic E-state index is 0.141. The van der Waals surface area contributed by atoms with E-state index < -0.39 is 0 Å². The molecular weight excluding hydrogens is 283 g/mol. The van der Waals surface area contributed by atoms with E-state index >= 15 is 0 Å². The molecule has 13 heavy (non-hydrogen) atoms. The van der Waals surface area contributed by atoms with Gasteiger partial charge in [-0.15, -0.1) is 0 Å². The molecular formula is C7H7IN4O. The van der Waals surface area contributed by atoms with Crippen LogP contribution in [-0.4, -0.2) is 16.5 Å². The van der Waals surface area contributed by atoms with Crippen molar-refractivity contribution in [1.29, 1.82) is 0 Å². The molecule has 2 rings (SSSR count). The lowest BCUT2D eigenvalue weighted by Crippen LogP contribution is -2.21. The molecule has 0 atom stereocenters. The zero-order valence-corrected chi connectivity index (χ0v) is 8.75. The molecule has 0 fully saturated rings. The average molecular weight is 290 g/mol. The molecule has 0 aromatic carbocycles. The van der Waals surface area contributed by atoms with Crippen LogP contribution in [0.4, 0.5) is 11.8 Å². The number of hydrogen-bond donors (Lipinski definition) is 3. The number of nitrogens with one attached hydrogen (secondary N) is 2. The van der Waals surface area contributed by atoms with Crippen molar-refractivity contribution in [2.45, 2.75) is 0 Å². The van der Waals surface area contributed by atoms with Gasteiger partial charge in [-0.2, -0.15) is 4.98 Å². The highest BCUT2D eigenvalue weighted by molar-refractivity contribution is 14.1. The van der Waals surface area contributed by atoms with E-state index in [0.29, 0.717) is 17.9 Å². The first-order valence-corrected chi connectivity index (χ1v) is 4.76. The third kappa shape index (κ3) is 1.41. The van der Waals surface area contributed by atoms with E-state index in [1.54, 1.807) is 0 Å². The lowest BCUT2D eigenvalue weighted by atomic mass is 10.2. The van der Waals surface area contributed by atoms with Crippen LogP contribution in [0, 0.1) is 0 Å². The highest BCUT2D eigenvalue weighted by Crippen LogP contribution is 2.27. The van der Waals surface area contributed by atoms with Crippen LogP contribution in [0.3, 0.4) is 0 Å². The number of fused-ring (bicyclic) bond motifs is 1. The zero-order valence-electron chi connectivity index (χ0n) is 6.60. The second-order valence-corrected chi connectivity index (χ2v) is 3.77. The molecule has 6 heteroatoms. The van der Waals surface area contributed by atoms with Crippen molar-refractivity contribution in [2.24, 2.45) is 0 Å². The van der Waals surface area contributed by atoms with E-state index in [1.807, 2.05) is 6.08 Å². The number of nitrogens with zero attached hydrogens (tertiary/aromatic N) is 1. The molecule has 1 aromatic rings. The van der Waals surface area contributed by atoms with Crippen LogP contribution in [0.1, 0.15) is 5.56 Å². The number of nitrogen functional groups attached to an aromatic ring is 1. The fourth-order valence-electron chi connectivity index (χ4n) is 1.18. The van der Waals surface area contributed by atoms with Crippen LogP contribution in [0.15, 0.2) is 10.9 Å². The third-order valence-corrected chi connectivity index (χ3v) is 2.71. The SMILES string of the molecule is Nc1nc2c(c(=O)[nH]1)C(I)=CCN2. The van der Waals surface area contributed by atoms with E-state index in [9.17, 15) is 4.79 Å². The number of H-pyrrole nitrogens is 1. The minimum atomic E-state index is -0.199. The number of halogens is 1. The number of hydrogen-bond acceptors (Lipinski definition) is 4. The summed E-state index contributed by atoms with van der Waals surface area (Å²) in [5, 5.41) is 2.98. The summed E-state index contributed by atoms with van der Waals surface area (Å²) in [6.07, 6.45) is 1.93. The molecule has 0 radical (unpaired) electrons. The second kappa shape index (κ2) is 3.02. The van der Waals surface area contributed by atoms with Crippen molar-refractivity contribution in [3.05, 3.63) is 22.0 Å². The summed E-state index contributed by atoms with van der Waals surface area (Å²) in [4.78, 5) is 17.9. The van der Waals surface area contributed by atoms with Gasteiger partial charge < -0.3 is 11.1 Å². The van der Waals surface area contributed by atoms with Crippen molar-refractivity contribution in [2.75, 3.05) is 17.6 Å². The topological polar surface area (TPSA) is 83.8 Å². The average Bonchev–Trinajstić information content (AvgIpc) is 2.02. The monoisotopic (exact) mass is 290 g/mol. The highest BCUT2D eigenvalue weighted by atomic mass is 127. The van der Waals surface area contributed by atoms with Crippen molar-refractivity contribution >= 4 is 37.9 Å². The largest absolute Gasteiger partial charge is 0.369 e. The van der Waals surface area contributed by atoms with Gasteiger partial charge in [0.1, 0.15) is 5.82 Å².